The number of aryl methyl sites for hydroxylation is 1. The van der Waals surface area contributed by atoms with Gasteiger partial charge in [-0.3, -0.25) is 0 Å². The summed E-state index contributed by atoms with van der Waals surface area (Å²) in [7, 11) is 0. The van der Waals surface area contributed by atoms with Crippen LogP contribution in [-0.2, 0) is 0 Å². The van der Waals surface area contributed by atoms with Gasteiger partial charge in [-0.1, -0.05) is 25.5 Å². The SMILES string of the molecule is CCCCOc1ccc(-c2nc3c(C)cccc3[nH]2)cc1. The van der Waals surface area contributed by atoms with Gasteiger partial charge in [0.2, 0.25) is 0 Å². The number of rotatable bonds is 5. The van der Waals surface area contributed by atoms with Crippen molar-refractivity contribution < 1.29 is 4.74 Å². The highest BCUT2D eigenvalue weighted by molar-refractivity contribution is 5.82. The first-order chi connectivity index (χ1) is 10.3. The van der Waals surface area contributed by atoms with E-state index >= 15 is 0 Å². The Balaban J connectivity index is 1.83. The number of para-hydroxylation sites is 1. The minimum absolute atomic E-state index is 0.777. The van der Waals surface area contributed by atoms with E-state index in [-0.39, 0.29) is 0 Å². The lowest BCUT2D eigenvalue weighted by Gasteiger charge is -2.05. The molecule has 0 aliphatic rings. The lowest BCUT2D eigenvalue weighted by Crippen LogP contribution is -1.96. The average Bonchev–Trinajstić information content (AvgIpc) is 2.94. The molecule has 0 aliphatic carbocycles. The number of H-pyrrole nitrogens is 1. The minimum atomic E-state index is 0.777. The van der Waals surface area contributed by atoms with Gasteiger partial charge in [0.15, 0.2) is 0 Å². The maximum absolute atomic E-state index is 5.68. The van der Waals surface area contributed by atoms with Crippen LogP contribution < -0.4 is 4.74 Å². The summed E-state index contributed by atoms with van der Waals surface area (Å²) in [5.41, 5.74) is 4.38. The Labute approximate surface area is 125 Å². The molecule has 1 heterocycles. The van der Waals surface area contributed by atoms with Gasteiger partial charge in [0, 0.05) is 5.56 Å². The molecule has 0 saturated heterocycles. The second-order valence-electron chi connectivity index (χ2n) is 5.28. The summed E-state index contributed by atoms with van der Waals surface area (Å²) in [4.78, 5) is 8.06. The van der Waals surface area contributed by atoms with Crippen LogP contribution in [0.3, 0.4) is 0 Å². The molecule has 3 rings (SSSR count). The van der Waals surface area contributed by atoms with Gasteiger partial charge < -0.3 is 9.72 Å². The van der Waals surface area contributed by atoms with Crippen molar-refractivity contribution in [1.29, 1.82) is 0 Å². The van der Waals surface area contributed by atoms with E-state index in [2.05, 4.69) is 31.0 Å². The molecule has 2 aromatic carbocycles. The normalized spacial score (nSPS) is 11.0. The van der Waals surface area contributed by atoms with E-state index in [1.54, 1.807) is 0 Å². The average molecular weight is 280 g/mol. The fourth-order valence-corrected chi connectivity index (χ4v) is 2.36. The van der Waals surface area contributed by atoms with Crippen molar-refractivity contribution in [3.63, 3.8) is 0 Å². The summed E-state index contributed by atoms with van der Waals surface area (Å²) in [5, 5.41) is 0. The summed E-state index contributed by atoms with van der Waals surface area (Å²) in [5.74, 6) is 1.82. The van der Waals surface area contributed by atoms with Gasteiger partial charge in [-0.15, -0.1) is 0 Å². The van der Waals surface area contributed by atoms with Crippen LogP contribution >= 0.6 is 0 Å². The molecule has 0 radical (unpaired) electrons. The van der Waals surface area contributed by atoms with Crippen LogP contribution in [0.4, 0.5) is 0 Å². The van der Waals surface area contributed by atoms with Crippen LogP contribution in [-0.4, -0.2) is 16.6 Å². The fraction of sp³-hybridized carbons (Fsp3) is 0.278. The second kappa shape index (κ2) is 6.00. The number of imidazole rings is 1. The van der Waals surface area contributed by atoms with Crippen LogP contribution in [0, 0.1) is 6.92 Å². The zero-order valence-electron chi connectivity index (χ0n) is 12.5. The van der Waals surface area contributed by atoms with E-state index < -0.39 is 0 Å². The number of benzene rings is 2. The van der Waals surface area contributed by atoms with E-state index in [0.29, 0.717) is 0 Å². The maximum Gasteiger partial charge on any atom is 0.138 e. The first-order valence-electron chi connectivity index (χ1n) is 7.46. The van der Waals surface area contributed by atoms with Crippen molar-refractivity contribution in [2.24, 2.45) is 0 Å². The van der Waals surface area contributed by atoms with Crippen molar-refractivity contribution in [3.8, 4) is 17.1 Å². The first-order valence-corrected chi connectivity index (χ1v) is 7.46. The smallest absolute Gasteiger partial charge is 0.138 e. The van der Waals surface area contributed by atoms with Gasteiger partial charge in [0.05, 0.1) is 17.6 Å². The third-order valence-electron chi connectivity index (χ3n) is 3.61. The Kier molecular flexibility index (Phi) is 3.91. The summed E-state index contributed by atoms with van der Waals surface area (Å²) in [6, 6.07) is 14.3. The molecule has 3 aromatic rings. The van der Waals surface area contributed by atoms with E-state index in [0.717, 1.165) is 47.6 Å². The van der Waals surface area contributed by atoms with Gasteiger partial charge >= 0.3 is 0 Å². The molecule has 1 N–H and O–H groups in total. The number of hydrogen-bond donors (Lipinski definition) is 1. The number of aromatic amines is 1. The largest absolute Gasteiger partial charge is 0.494 e. The topological polar surface area (TPSA) is 37.9 Å². The van der Waals surface area contributed by atoms with Crippen LogP contribution in [0.1, 0.15) is 25.3 Å². The van der Waals surface area contributed by atoms with E-state index in [1.165, 1.54) is 5.56 Å². The molecule has 21 heavy (non-hydrogen) atoms. The van der Waals surface area contributed by atoms with Crippen LogP contribution in [0.25, 0.3) is 22.4 Å². The number of unbranched alkanes of at least 4 members (excludes halogenated alkanes) is 1. The zero-order valence-corrected chi connectivity index (χ0v) is 12.5. The molecule has 0 bridgehead atoms. The minimum Gasteiger partial charge on any atom is -0.494 e. The van der Waals surface area contributed by atoms with E-state index in [1.807, 2.05) is 30.3 Å². The molecule has 108 valence electrons. The molecule has 0 saturated carbocycles. The number of ether oxygens (including phenoxy) is 1. The highest BCUT2D eigenvalue weighted by Gasteiger charge is 2.07. The van der Waals surface area contributed by atoms with E-state index in [9.17, 15) is 0 Å². The molecular weight excluding hydrogens is 260 g/mol. The van der Waals surface area contributed by atoms with E-state index in [4.69, 9.17) is 9.72 Å². The number of nitrogens with zero attached hydrogens (tertiary/aromatic N) is 1. The molecule has 0 atom stereocenters. The van der Waals surface area contributed by atoms with Crippen LogP contribution in [0.5, 0.6) is 5.75 Å². The molecular formula is C18H20N2O. The second-order valence-corrected chi connectivity index (χ2v) is 5.28. The Bertz CT molecular complexity index is 729. The van der Waals surface area contributed by atoms with Crippen molar-refractivity contribution in [3.05, 3.63) is 48.0 Å². The molecule has 3 heteroatoms. The van der Waals surface area contributed by atoms with Crippen LogP contribution in [0.2, 0.25) is 0 Å². The molecule has 0 spiro atoms. The summed E-state index contributed by atoms with van der Waals surface area (Å²) < 4.78 is 5.68. The zero-order chi connectivity index (χ0) is 14.7. The highest BCUT2D eigenvalue weighted by atomic mass is 16.5. The standard InChI is InChI=1S/C18H20N2O/c1-3-4-12-21-15-10-8-14(9-11-15)18-19-16-7-5-6-13(2)17(16)20-18/h5-11H,3-4,12H2,1-2H3,(H,19,20). The number of nitrogens with one attached hydrogen (secondary N) is 1. The Morgan fingerprint density at radius 1 is 1.10 bits per heavy atom. The van der Waals surface area contributed by atoms with Gasteiger partial charge in [-0.2, -0.15) is 0 Å². The number of hydrogen-bond acceptors (Lipinski definition) is 2. The summed E-state index contributed by atoms with van der Waals surface area (Å²) >= 11 is 0. The third kappa shape index (κ3) is 2.92. The molecule has 3 nitrogen and oxygen atoms in total. The monoisotopic (exact) mass is 280 g/mol. The Morgan fingerprint density at radius 2 is 1.90 bits per heavy atom. The summed E-state index contributed by atoms with van der Waals surface area (Å²) in [6.45, 7) is 5.02. The quantitative estimate of drug-likeness (QED) is 0.687. The van der Waals surface area contributed by atoms with Gasteiger partial charge in [-0.05, 0) is 49.2 Å². The molecule has 0 fully saturated rings. The lowest BCUT2D eigenvalue weighted by molar-refractivity contribution is 0.309. The molecule has 0 unspecified atom stereocenters. The summed E-state index contributed by atoms with van der Waals surface area (Å²) in [6.07, 6.45) is 2.24. The van der Waals surface area contributed by atoms with Crippen molar-refractivity contribution in [1.82, 2.24) is 9.97 Å². The molecule has 0 amide bonds. The number of aromatic nitrogens is 2. The fourth-order valence-electron chi connectivity index (χ4n) is 2.36. The molecule has 1 aromatic heterocycles. The van der Waals surface area contributed by atoms with Gasteiger partial charge in [0.1, 0.15) is 11.6 Å². The predicted molar refractivity (Wildman–Crippen MR) is 86.7 cm³/mol. The molecule has 0 aliphatic heterocycles. The highest BCUT2D eigenvalue weighted by Crippen LogP contribution is 2.24. The predicted octanol–water partition coefficient (Wildman–Crippen LogP) is 4.72. The first kappa shape index (κ1) is 13.7. The van der Waals surface area contributed by atoms with Crippen molar-refractivity contribution in [2.75, 3.05) is 6.61 Å². The lowest BCUT2D eigenvalue weighted by atomic mass is 10.2. The Morgan fingerprint density at radius 3 is 2.62 bits per heavy atom. The third-order valence-corrected chi connectivity index (χ3v) is 3.61. The van der Waals surface area contributed by atoms with Crippen LogP contribution in [0.15, 0.2) is 42.5 Å². The van der Waals surface area contributed by atoms with Gasteiger partial charge in [-0.25, -0.2) is 4.98 Å². The maximum atomic E-state index is 5.68. The van der Waals surface area contributed by atoms with Crippen molar-refractivity contribution >= 4 is 11.0 Å². The van der Waals surface area contributed by atoms with Gasteiger partial charge in [0.25, 0.3) is 0 Å². The Hall–Kier alpha value is -2.29. The number of fused-ring (bicyclic) bond motifs is 1. The van der Waals surface area contributed by atoms with Crippen molar-refractivity contribution in [2.45, 2.75) is 26.7 Å².